The summed E-state index contributed by atoms with van der Waals surface area (Å²) in [6, 6.07) is 3.73. The molecule has 25 heavy (non-hydrogen) atoms. The third-order valence-electron chi connectivity index (χ3n) is 5.06. The number of carboxylic acids is 1. The Hall–Kier alpha value is -2.39. The first kappa shape index (κ1) is 16.1. The van der Waals surface area contributed by atoms with E-state index < -0.39 is 57.1 Å². The number of carbonyl (C=O) groups excluding carboxylic acids is 3. The zero-order valence-electron chi connectivity index (χ0n) is 13.3. The summed E-state index contributed by atoms with van der Waals surface area (Å²) >= 11 is -1.74. The van der Waals surface area contributed by atoms with E-state index in [2.05, 4.69) is 0 Å². The smallest absolute Gasteiger partial charge is 0.332 e. The van der Waals surface area contributed by atoms with Gasteiger partial charge in [-0.25, -0.2) is 4.79 Å². The second-order valence-corrected chi connectivity index (χ2v) is 8.88. The highest BCUT2D eigenvalue weighted by atomic mass is 32.2. The summed E-state index contributed by atoms with van der Waals surface area (Å²) in [5, 5.41) is 8.43. The normalized spacial score (nSPS) is 32.5. The van der Waals surface area contributed by atoms with Gasteiger partial charge in [0.25, 0.3) is 17.7 Å². The molecular weight excluding hydrogens is 348 g/mol. The number of nitrogens with zero attached hydrogens (tertiary/aromatic N) is 2. The van der Waals surface area contributed by atoms with Crippen molar-refractivity contribution in [2.45, 2.75) is 36.1 Å². The minimum atomic E-state index is -1.74. The molecule has 1 unspecified atom stereocenters. The molecule has 3 aliphatic heterocycles. The lowest BCUT2D eigenvalue weighted by atomic mass is 9.95. The van der Waals surface area contributed by atoms with Crippen LogP contribution in [-0.4, -0.2) is 65.4 Å². The lowest BCUT2D eigenvalue weighted by Crippen LogP contribution is -2.72. The Morgan fingerprint density at radius 3 is 2.16 bits per heavy atom. The molecule has 1 aromatic carbocycles. The summed E-state index contributed by atoms with van der Waals surface area (Å²) in [5.41, 5.74) is 0.383. The summed E-state index contributed by atoms with van der Waals surface area (Å²) in [4.78, 5) is 51.2. The number of benzene rings is 1. The summed E-state index contributed by atoms with van der Waals surface area (Å²) in [5.74, 6) is -3.15. The van der Waals surface area contributed by atoms with Crippen LogP contribution in [0, 0.1) is 0 Å². The molecule has 0 radical (unpaired) electrons. The quantitative estimate of drug-likeness (QED) is 0.443. The Kier molecular flexibility index (Phi) is 3.11. The number of amides is 3. The Bertz CT molecular complexity index is 818. The van der Waals surface area contributed by atoms with Gasteiger partial charge in [-0.3, -0.25) is 24.2 Å². The first-order chi connectivity index (χ1) is 11.7. The third-order valence-corrected chi connectivity index (χ3v) is 7.25. The van der Waals surface area contributed by atoms with Gasteiger partial charge in [-0.2, -0.15) is 0 Å². The second kappa shape index (κ2) is 4.83. The molecule has 1 N–H and O–H groups in total. The molecular formula is C16H14N2O6S. The molecule has 0 aromatic heterocycles. The number of carbonyl (C=O) groups is 4. The van der Waals surface area contributed by atoms with E-state index in [-0.39, 0.29) is 11.1 Å². The van der Waals surface area contributed by atoms with E-state index in [1.54, 1.807) is 12.1 Å². The highest BCUT2D eigenvalue weighted by Gasteiger charge is 2.75. The fraction of sp³-hybridized carbons (Fsp3) is 0.375. The number of fused-ring (bicyclic) bond motifs is 2. The third kappa shape index (κ3) is 1.77. The van der Waals surface area contributed by atoms with Crippen LogP contribution in [0.1, 0.15) is 34.6 Å². The van der Waals surface area contributed by atoms with E-state index >= 15 is 0 Å². The van der Waals surface area contributed by atoms with E-state index in [0.29, 0.717) is 0 Å². The van der Waals surface area contributed by atoms with Gasteiger partial charge in [-0.05, 0) is 37.2 Å². The maximum absolute atomic E-state index is 12.8. The van der Waals surface area contributed by atoms with E-state index in [4.69, 9.17) is 0 Å². The van der Waals surface area contributed by atoms with Crippen molar-refractivity contribution in [3.63, 3.8) is 0 Å². The van der Waals surface area contributed by atoms with Gasteiger partial charge < -0.3 is 9.66 Å². The topological polar surface area (TPSA) is 118 Å². The van der Waals surface area contributed by atoms with E-state index in [1.165, 1.54) is 26.0 Å². The molecule has 4 atom stereocenters. The van der Waals surface area contributed by atoms with Crippen LogP contribution in [0.2, 0.25) is 0 Å². The van der Waals surface area contributed by atoms with Gasteiger partial charge in [0.2, 0.25) is 5.37 Å². The van der Waals surface area contributed by atoms with Gasteiger partial charge in [0, 0.05) is 0 Å². The Balaban J connectivity index is 1.74. The van der Waals surface area contributed by atoms with E-state index in [0.717, 1.165) is 9.80 Å². The number of hydrogen-bond donors (Lipinski definition) is 1. The van der Waals surface area contributed by atoms with Crippen LogP contribution >= 0.6 is 0 Å². The number of rotatable bonds is 2. The zero-order chi connectivity index (χ0) is 18.3. The summed E-state index contributed by atoms with van der Waals surface area (Å²) in [7, 11) is 0. The van der Waals surface area contributed by atoms with Crippen LogP contribution in [-0.2, 0) is 20.8 Å². The Labute approximate surface area is 145 Å². The fourth-order valence-corrected chi connectivity index (χ4v) is 5.80. The van der Waals surface area contributed by atoms with Gasteiger partial charge in [-0.1, -0.05) is 12.1 Å². The molecule has 0 aliphatic carbocycles. The molecule has 9 heteroatoms. The average Bonchev–Trinajstić information content (AvgIpc) is 2.91. The largest absolute Gasteiger partial charge is 0.614 e. The van der Waals surface area contributed by atoms with E-state index in [9.17, 15) is 28.8 Å². The summed E-state index contributed by atoms with van der Waals surface area (Å²) < 4.78 is 11.6. The molecule has 3 amide bonds. The molecule has 2 fully saturated rings. The van der Waals surface area contributed by atoms with Crippen LogP contribution in [0.4, 0.5) is 0 Å². The monoisotopic (exact) mass is 362 g/mol. The van der Waals surface area contributed by atoms with Crippen LogP contribution in [0.5, 0.6) is 0 Å². The summed E-state index contributed by atoms with van der Waals surface area (Å²) in [6.07, 6.45) is 0. The van der Waals surface area contributed by atoms with Gasteiger partial charge in [0.05, 0.1) is 11.1 Å². The number of β-lactam (4-membered cyclic amide) rings is 1. The lowest BCUT2D eigenvalue weighted by Gasteiger charge is -2.44. The Morgan fingerprint density at radius 1 is 1.16 bits per heavy atom. The maximum Gasteiger partial charge on any atom is 0.332 e. The van der Waals surface area contributed by atoms with Crippen LogP contribution in [0.3, 0.4) is 0 Å². The number of carboxylic acid groups (broad SMARTS) is 1. The van der Waals surface area contributed by atoms with Crippen LogP contribution in [0.25, 0.3) is 0 Å². The Morgan fingerprint density at radius 2 is 1.68 bits per heavy atom. The van der Waals surface area contributed by atoms with E-state index in [1.807, 2.05) is 0 Å². The molecule has 8 nitrogen and oxygen atoms in total. The number of aliphatic carboxylic acids is 1. The van der Waals surface area contributed by atoms with Crippen molar-refractivity contribution in [2.75, 3.05) is 0 Å². The molecule has 0 bridgehead atoms. The van der Waals surface area contributed by atoms with Crippen molar-refractivity contribution in [3.05, 3.63) is 35.4 Å². The minimum Gasteiger partial charge on any atom is -0.614 e. The first-order valence-electron chi connectivity index (χ1n) is 7.62. The van der Waals surface area contributed by atoms with Crippen molar-refractivity contribution in [2.24, 2.45) is 0 Å². The fourth-order valence-electron chi connectivity index (χ4n) is 3.84. The molecule has 2 saturated heterocycles. The predicted molar refractivity (Wildman–Crippen MR) is 85.0 cm³/mol. The van der Waals surface area contributed by atoms with Gasteiger partial charge in [0.15, 0.2) is 16.8 Å². The predicted octanol–water partition coefficient (Wildman–Crippen LogP) is -0.186. The van der Waals surface area contributed by atoms with Crippen molar-refractivity contribution in [1.29, 1.82) is 0 Å². The molecule has 0 saturated carbocycles. The van der Waals surface area contributed by atoms with Crippen molar-refractivity contribution < 1.29 is 28.8 Å². The molecule has 3 heterocycles. The standard InChI is InChI=1S/C16H14N2O6S/c1-16(2)10(15(22)23)18-13(21)9(14(18)25(16)24)17-11(19)7-5-3-4-6-8(7)12(17)20/h3-6,9-10,14H,1-2H3,(H,22,23)/t9-,10+,14-,25?/m1/s1. The van der Waals surface area contributed by atoms with Crippen molar-refractivity contribution >= 4 is 34.9 Å². The molecule has 4 rings (SSSR count). The number of imide groups is 1. The maximum atomic E-state index is 12.8. The highest BCUT2D eigenvalue weighted by molar-refractivity contribution is 7.94. The highest BCUT2D eigenvalue weighted by Crippen LogP contribution is 2.48. The van der Waals surface area contributed by atoms with Gasteiger partial charge in [0.1, 0.15) is 0 Å². The second-order valence-electron chi connectivity index (χ2n) is 6.75. The zero-order valence-corrected chi connectivity index (χ0v) is 14.1. The molecule has 1 aromatic rings. The molecule has 3 aliphatic rings. The van der Waals surface area contributed by atoms with Crippen LogP contribution in [0.15, 0.2) is 24.3 Å². The van der Waals surface area contributed by atoms with Gasteiger partial charge in [-0.15, -0.1) is 0 Å². The minimum absolute atomic E-state index is 0.191. The van der Waals surface area contributed by atoms with Crippen molar-refractivity contribution in [3.8, 4) is 0 Å². The van der Waals surface area contributed by atoms with Gasteiger partial charge >= 0.3 is 5.97 Å². The van der Waals surface area contributed by atoms with Crippen molar-refractivity contribution in [1.82, 2.24) is 9.80 Å². The first-order valence-corrected chi connectivity index (χ1v) is 8.83. The molecule has 130 valence electrons. The SMILES string of the molecule is CC1(C)[C@H](C(=O)O)N2C(=O)[C@@H](N3C(=O)c4ccccc4C3=O)[C@H]2[S+]1[O-]. The number of hydrogen-bond acceptors (Lipinski definition) is 5. The summed E-state index contributed by atoms with van der Waals surface area (Å²) in [6.45, 7) is 3.01. The lowest BCUT2D eigenvalue weighted by molar-refractivity contribution is -0.162. The molecule has 0 spiro atoms. The average molecular weight is 362 g/mol. The van der Waals surface area contributed by atoms with Crippen LogP contribution < -0.4 is 0 Å².